The Balaban J connectivity index is 2.71. The van der Waals surface area contributed by atoms with Gasteiger partial charge in [0.15, 0.2) is 0 Å². The lowest BCUT2D eigenvalue weighted by atomic mass is 10.6. The molecule has 0 amide bonds. The fourth-order valence-electron chi connectivity index (χ4n) is 1.38. The van der Waals surface area contributed by atoms with E-state index < -0.39 is 0 Å². The second-order valence-electron chi connectivity index (χ2n) is 2.61. The Morgan fingerprint density at radius 2 is 2.08 bits per heavy atom. The first-order valence-electron chi connectivity index (χ1n) is 3.70. The first-order chi connectivity index (χ1) is 5.95. The van der Waals surface area contributed by atoms with E-state index >= 15 is 0 Å². The van der Waals surface area contributed by atoms with Crippen molar-refractivity contribution in [1.29, 1.82) is 0 Å². The van der Waals surface area contributed by atoms with Crippen LogP contribution in [0.1, 0.15) is 0 Å². The standard InChI is InChI=1S/C8H6N4/c1-3-10-12-5-2-7-9-4-6-11(7)8(1)12/h1-6H. The van der Waals surface area contributed by atoms with Gasteiger partial charge in [-0.2, -0.15) is 5.10 Å². The molecule has 0 saturated carbocycles. The predicted molar refractivity (Wildman–Crippen MR) is 43.9 cm³/mol. The van der Waals surface area contributed by atoms with E-state index in [0.717, 1.165) is 11.3 Å². The Kier molecular flexibility index (Phi) is 0.889. The van der Waals surface area contributed by atoms with Crippen molar-refractivity contribution in [2.45, 2.75) is 0 Å². The number of hydrogen-bond acceptors (Lipinski definition) is 2. The summed E-state index contributed by atoms with van der Waals surface area (Å²) in [5.74, 6) is 0. The van der Waals surface area contributed by atoms with Gasteiger partial charge in [0.05, 0.1) is 6.20 Å². The van der Waals surface area contributed by atoms with Crippen LogP contribution in [0.5, 0.6) is 0 Å². The Morgan fingerprint density at radius 3 is 3.08 bits per heavy atom. The summed E-state index contributed by atoms with van der Waals surface area (Å²) in [4.78, 5) is 4.17. The fourth-order valence-corrected chi connectivity index (χ4v) is 1.38. The summed E-state index contributed by atoms with van der Waals surface area (Å²) in [6.07, 6.45) is 7.38. The monoisotopic (exact) mass is 158 g/mol. The van der Waals surface area contributed by atoms with Gasteiger partial charge in [-0.3, -0.25) is 4.40 Å². The summed E-state index contributed by atoms with van der Waals surface area (Å²) in [5.41, 5.74) is 1.98. The fraction of sp³-hybridized carbons (Fsp3) is 0. The first-order valence-corrected chi connectivity index (χ1v) is 3.70. The van der Waals surface area contributed by atoms with Gasteiger partial charge in [-0.05, 0) is 6.07 Å². The zero-order valence-corrected chi connectivity index (χ0v) is 6.25. The van der Waals surface area contributed by atoms with Crippen molar-refractivity contribution in [3.8, 4) is 0 Å². The van der Waals surface area contributed by atoms with Crippen LogP contribution >= 0.6 is 0 Å². The van der Waals surface area contributed by atoms with E-state index in [4.69, 9.17) is 0 Å². The zero-order chi connectivity index (χ0) is 7.97. The van der Waals surface area contributed by atoms with Crippen LogP contribution < -0.4 is 0 Å². The molecule has 3 rings (SSSR count). The van der Waals surface area contributed by atoms with Crippen LogP contribution in [0.15, 0.2) is 36.9 Å². The van der Waals surface area contributed by atoms with E-state index in [2.05, 4.69) is 10.1 Å². The van der Waals surface area contributed by atoms with Crippen LogP contribution in [0.25, 0.3) is 11.3 Å². The van der Waals surface area contributed by atoms with Gasteiger partial charge in [0, 0.05) is 24.7 Å². The summed E-state index contributed by atoms with van der Waals surface area (Å²) in [6, 6.07) is 3.88. The highest BCUT2D eigenvalue weighted by Crippen LogP contribution is 2.05. The zero-order valence-electron chi connectivity index (χ0n) is 6.25. The number of nitrogens with zero attached hydrogens (tertiary/aromatic N) is 4. The minimum absolute atomic E-state index is 0.947. The average Bonchev–Trinajstić information content (AvgIpc) is 2.71. The molecule has 0 radical (unpaired) electrons. The highest BCUT2D eigenvalue weighted by molar-refractivity contribution is 5.50. The molecule has 58 valence electrons. The molecule has 12 heavy (non-hydrogen) atoms. The number of hydrogen-bond donors (Lipinski definition) is 0. The molecule has 3 heterocycles. The topological polar surface area (TPSA) is 34.6 Å². The Labute approximate surface area is 68.1 Å². The smallest absolute Gasteiger partial charge is 0.141 e. The van der Waals surface area contributed by atoms with Gasteiger partial charge in [0.25, 0.3) is 0 Å². The van der Waals surface area contributed by atoms with Crippen LogP contribution in [-0.2, 0) is 0 Å². The van der Waals surface area contributed by atoms with Crippen molar-refractivity contribution in [2.24, 2.45) is 0 Å². The van der Waals surface area contributed by atoms with E-state index in [9.17, 15) is 0 Å². The van der Waals surface area contributed by atoms with E-state index in [-0.39, 0.29) is 0 Å². The van der Waals surface area contributed by atoms with Crippen molar-refractivity contribution in [3.05, 3.63) is 36.9 Å². The van der Waals surface area contributed by atoms with E-state index in [1.165, 1.54) is 0 Å². The molecular weight excluding hydrogens is 152 g/mol. The van der Waals surface area contributed by atoms with Gasteiger partial charge in [-0.15, -0.1) is 0 Å². The molecule has 3 aromatic heterocycles. The van der Waals surface area contributed by atoms with Crippen LogP contribution in [0, 0.1) is 0 Å². The van der Waals surface area contributed by atoms with Crippen molar-refractivity contribution < 1.29 is 0 Å². The largest absolute Gasteiger partial charge is 0.284 e. The summed E-state index contributed by atoms with van der Waals surface area (Å²) >= 11 is 0. The molecule has 3 aromatic rings. The summed E-state index contributed by atoms with van der Waals surface area (Å²) in [6.45, 7) is 0. The Bertz CT molecular complexity index is 484. The third kappa shape index (κ3) is 0.567. The Morgan fingerprint density at radius 1 is 1.08 bits per heavy atom. The normalized spacial score (nSPS) is 11.3. The number of aromatic nitrogens is 4. The molecule has 0 aliphatic rings. The summed E-state index contributed by atoms with van der Waals surface area (Å²) < 4.78 is 3.81. The van der Waals surface area contributed by atoms with E-state index in [1.54, 1.807) is 12.4 Å². The molecule has 0 unspecified atom stereocenters. The maximum absolute atomic E-state index is 4.17. The minimum atomic E-state index is 0.947. The van der Waals surface area contributed by atoms with Gasteiger partial charge in [0.1, 0.15) is 11.3 Å². The van der Waals surface area contributed by atoms with E-state index in [0.29, 0.717) is 0 Å². The van der Waals surface area contributed by atoms with Crippen LogP contribution in [0.3, 0.4) is 0 Å². The second kappa shape index (κ2) is 1.85. The average molecular weight is 158 g/mol. The highest BCUT2D eigenvalue weighted by atomic mass is 15.3. The number of fused-ring (bicyclic) bond motifs is 3. The first kappa shape index (κ1) is 5.77. The molecule has 0 atom stereocenters. The predicted octanol–water partition coefficient (Wildman–Crippen LogP) is 0.982. The summed E-state index contributed by atoms with van der Waals surface area (Å²) in [5, 5.41) is 4.12. The quantitative estimate of drug-likeness (QED) is 0.488. The van der Waals surface area contributed by atoms with Gasteiger partial charge < -0.3 is 0 Å². The lowest BCUT2D eigenvalue weighted by molar-refractivity contribution is 0.929. The number of imidazole rings is 1. The molecular formula is C8H6N4. The molecule has 0 aromatic carbocycles. The molecule has 0 bridgehead atoms. The highest BCUT2D eigenvalue weighted by Gasteiger charge is 1.98. The maximum atomic E-state index is 4.17. The van der Waals surface area contributed by atoms with Gasteiger partial charge in [-0.1, -0.05) is 0 Å². The molecule has 0 N–H and O–H groups in total. The van der Waals surface area contributed by atoms with Crippen molar-refractivity contribution in [2.75, 3.05) is 0 Å². The van der Waals surface area contributed by atoms with Crippen molar-refractivity contribution in [1.82, 2.24) is 19.0 Å². The lowest BCUT2D eigenvalue weighted by Gasteiger charge is -1.95. The lowest BCUT2D eigenvalue weighted by Crippen LogP contribution is -1.92. The molecule has 4 nitrogen and oxygen atoms in total. The van der Waals surface area contributed by atoms with E-state index in [1.807, 2.05) is 33.4 Å². The summed E-state index contributed by atoms with van der Waals surface area (Å²) in [7, 11) is 0. The molecule has 0 fully saturated rings. The van der Waals surface area contributed by atoms with Crippen LogP contribution in [-0.4, -0.2) is 19.0 Å². The molecule has 0 aliphatic heterocycles. The number of rotatable bonds is 0. The third-order valence-corrected chi connectivity index (χ3v) is 1.93. The van der Waals surface area contributed by atoms with Gasteiger partial charge in [-0.25, -0.2) is 9.50 Å². The molecule has 4 heteroatoms. The third-order valence-electron chi connectivity index (χ3n) is 1.93. The second-order valence-corrected chi connectivity index (χ2v) is 2.61. The SMILES string of the molecule is c1cn2c(ccn3nccc32)n1. The van der Waals surface area contributed by atoms with Crippen molar-refractivity contribution >= 4 is 11.3 Å². The van der Waals surface area contributed by atoms with Crippen LogP contribution in [0.2, 0.25) is 0 Å². The maximum Gasteiger partial charge on any atom is 0.141 e. The minimum Gasteiger partial charge on any atom is -0.284 e. The van der Waals surface area contributed by atoms with Crippen LogP contribution in [0.4, 0.5) is 0 Å². The Hall–Kier alpha value is -1.84. The molecule has 0 aliphatic carbocycles. The molecule has 0 spiro atoms. The van der Waals surface area contributed by atoms with Gasteiger partial charge in [0.2, 0.25) is 0 Å². The van der Waals surface area contributed by atoms with Gasteiger partial charge >= 0.3 is 0 Å². The van der Waals surface area contributed by atoms with Crippen molar-refractivity contribution in [3.63, 3.8) is 0 Å². The molecule has 0 saturated heterocycles.